The second-order valence-electron chi connectivity index (χ2n) is 7.34. The van der Waals surface area contributed by atoms with E-state index in [4.69, 9.17) is 9.47 Å². The van der Waals surface area contributed by atoms with Crippen molar-refractivity contribution in [3.8, 4) is 0 Å². The summed E-state index contributed by atoms with van der Waals surface area (Å²) in [6.45, 7) is 5.52. The summed E-state index contributed by atoms with van der Waals surface area (Å²) in [5.41, 5.74) is 1.33. The van der Waals surface area contributed by atoms with E-state index in [1.54, 1.807) is 0 Å². The predicted octanol–water partition coefficient (Wildman–Crippen LogP) is 1.45. The van der Waals surface area contributed by atoms with Gasteiger partial charge >= 0.3 is 0 Å². The molecule has 1 atom stereocenters. The molecule has 0 aromatic carbocycles. The Bertz CT molecular complexity index is 568. The van der Waals surface area contributed by atoms with Crippen molar-refractivity contribution in [3.63, 3.8) is 0 Å². The standard InChI is InChI=1S/C19H33N5O2/c1-20-19(21-7-3-9-26-18-5-10-25-11-6-18)24-8-4-16(15-24)12-17-13-22-23(2)14-17/h13-14,16,18H,3-12,15H2,1-2H3,(H,20,21). The SMILES string of the molecule is CN=C(NCCCOC1CCOCC1)N1CCC(Cc2cnn(C)c2)C1. The fraction of sp³-hybridized carbons (Fsp3) is 0.789. The quantitative estimate of drug-likeness (QED) is 0.451. The van der Waals surface area contributed by atoms with Crippen LogP contribution in [0.4, 0.5) is 0 Å². The van der Waals surface area contributed by atoms with Gasteiger partial charge in [0.05, 0.1) is 12.3 Å². The van der Waals surface area contributed by atoms with Crippen LogP contribution in [0, 0.1) is 5.92 Å². The molecule has 3 heterocycles. The maximum absolute atomic E-state index is 5.93. The van der Waals surface area contributed by atoms with E-state index < -0.39 is 0 Å². The fourth-order valence-corrected chi connectivity index (χ4v) is 3.80. The molecule has 2 aliphatic heterocycles. The van der Waals surface area contributed by atoms with Gasteiger partial charge < -0.3 is 19.7 Å². The van der Waals surface area contributed by atoms with Gasteiger partial charge in [0, 0.05) is 59.7 Å². The van der Waals surface area contributed by atoms with Gasteiger partial charge in [0.1, 0.15) is 0 Å². The number of ether oxygens (including phenoxy) is 2. The maximum atomic E-state index is 5.93. The van der Waals surface area contributed by atoms with Crippen molar-refractivity contribution in [2.24, 2.45) is 18.0 Å². The zero-order chi connectivity index (χ0) is 18.2. The summed E-state index contributed by atoms with van der Waals surface area (Å²) in [4.78, 5) is 6.84. The molecule has 7 nitrogen and oxygen atoms in total. The number of aryl methyl sites for hydroxylation is 1. The van der Waals surface area contributed by atoms with Crippen LogP contribution in [-0.4, -0.2) is 73.2 Å². The molecule has 0 spiro atoms. The molecule has 146 valence electrons. The van der Waals surface area contributed by atoms with E-state index in [-0.39, 0.29) is 0 Å². The molecule has 1 N–H and O–H groups in total. The van der Waals surface area contributed by atoms with Crippen LogP contribution in [0.5, 0.6) is 0 Å². The van der Waals surface area contributed by atoms with Crippen molar-refractivity contribution in [1.29, 1.82) is 0 Å². The number of aliphatic imine (C=N–C) groups is 1. The number of aromatic nitrogens is 2. The summed E-state index contributed by atoms with van der Waals surface area (Å²) in [6.07, 6.45) is 9.85. The molecule has 1 aromatic heterocycles. The average Bonchev–Trinajstić information content (AvgIpc) is 3.28. The molecule has 1 aromatic rings. The highest BCUT2D eigenvalue weighted by Crippen LogP contribution is 2.20. The summed E-state index contributed by atoms with van der Waals surface area (Å²) in [5, 5.41) is 7.76. The van der Waals surface area contributed by atoms with Gasteiger partial charge in [0.25, 0.3) is 0 Å². The van der Waals surface area contributed by atoms with Crippen LogP contribution in [0.25, 0.3) is 0 Å². The first-order valence-electron chi connectivity index (χ1n) is 9.87. The first-order chi connectivity index (χ1) is 12.7. The highest BCUT2D eigenvalue weighted by Gasteiger charge is 2.25. The van der Waals surface area contributed by atoms with Crippen molar-refractivity contribution in [1.82, 2.24) is 20.0 Å². The summed E-state index contributed by atoms with van der Waals surface area (Å²) in [5.74, 6) is 1.69. The summed E-state index contributed by atoms with van der Waals surface area (Å²) in [7, 11) is 3.84. The Morgan fingerprint density at radius 1 is 1.38 bits per heavy atom. The van der Waals surface area contributed by atoms with Gasteiger partial charge in [0.15, 0.2) is 5.96 Å². The Morgan fingerprint density at radius 3 is 2.96 bits per heavy atom. The third-order valence-corrected chi connectivity index (χ3v) is 5.21. The molecule has 7 heteroatoms. The number of nitrogens with one attached hydrogen (secondary N) is 1. The van der Waals surface area contributed by atoms with Crippen LogP contribution >= 0.6 is 0 Å². The van der Waals surface area contributed by atoms with Gasteiger partial charge in [-0.3, -0.25) is 9.67 Å². The minimum atomic E-state index is 0.384. The van der Waals surface area contributed by atoms with Gasteiger partial charge in [0.2, 0.25) is 0 Å². The maximum Gasteiger partial charge on any atom is 0.193 e. The Labute approximate surface area is 156 Å². The van der Waals surface area contributed by atoms with E-state index in [0.717, 1.165) is 71.1 Å². The minimum absolute atomic E-state index is 0.384. The largest absolute Gasteiger partial charge is 0.381 e. The van der Waals surface area contributed by atoms with Crippen LogP contribution in [0.1, 0.15) is 31.2 Å². The van der Waals surface area contributed by atoms with Gasteiger partial charge in [-0.25, -0.2) is 0 Å². The van der Waals surface area contributed by atoms with E-state index in [1.807, 2.05) is 25.0 Å². The first-order valence-corrected chi connectivity index (χ1v) is 9.87. The Balaban J connectivity index is 1.32. The Hall–Kier alpha value is -1.60. The molecule has 2 fully saturated rings. The molecule has 0 bridgehead atoms. The predicted molar refractivity (Wildman–Crippen MR) is 102 cm³/mol. The lowest BCUT2D eigenvalue weighted by molar-refractivity contribution is -0.0320. The lowest BCUT2D eigenvalue weighted by Crippen LogP contribution is -2.40. The monoisotopic (exact) mass is 363 g/mol. The smallest absolute Gasteiger partial charge is 0.193 e. The van der Waals surface area contributed by atoms with Gasteiger partial charge in [-0.2, -0.15) is 5.10 Å². The Kier molecular flexibility index (Phi) is 7.32. The summed E-state index contributed by atoms with van der Waals surface area (Å²) in [6, 6.07) is 0. The van der Waals surface area contributed by atoms with E-state index in [2.05, 4.69) is 26.5 Å². The lowest BCUT2D eigenvalue weighted by Gasteiger charge is -2.23. The van der Waals surface area contributed by atoms with Gasteiger partial charge in [-0.05, 0) is 43.6 Å². The third-order valence-electron chi connectivity index (χ3n) is 5.21. The van der Waals surface area contributed by atoms with Crippen molar-refractivity contribution in [2.45, 2.75) is 38.2 Å². The third kappa shape index (κ3) is 5.71. The molecule has 0 radical (unpaired) electrons. The van der Waals surface area contributed by atoms with Crippen molar-refractivity contribution < 1.29 is 9.47 Å². The normalized spacial score (nSPS) is 22.2. The number of guanidine groups is 1. The number of nitrogens with zero attached hydrogens (tertiary/aromatic N) is 4. The molecule has 2 aliphatic rings. The number of hydrogen-bond donors (Lipinski definition) is 1. The zero-order valence-corrected chi connectivity index (χ0v) is 16.2. The number of likely N-dealkylation sites (tertiary alicyclic amines) is 1. The second-order valence-corrected chi connectivity index (χ2v) is 7.34. The molecule has 2 saturated heterocycles. The summed E-state index contributed by atoms with van der Waals surface area (Å²) < 4.78 is 13.2. The average molecular weight is 364 g/mol. The van der Waals surface area contributed by atoms with Crippen LogP contribution < -0.4 is 5.32 Å². The molecular formula is C19H33N5O2. The molecule has 3 rings (SSSR count). The fourth-order valence-electron chi connectivity index (χ4n) is 3.80. The number of rotatable bonds is 7. The van der Waals surface area contributed by atoms with Crippen LogP contribution in [-0.2, 0) is 22.9 Å². The van der Waals surface area contributed by atoms with E-state index in [0.29, 0.717) is 12.0 Å². The topological polar surface area (TPSA) is 63.9 Å². The molecular weight excluding hydrogens is 330 g/mol. The molecule has 1 unspecified atom stereocenters. The molecule has 0 amide bonds. The van der Waals surface area contributed by atoms with E-state index >= 15 is 0 Å². The number of hydrogen-bond acceptors (Lipinski definition) is 4. The van der Waals surface area contributed by atoms with Crippen LogP contribution in [0.3, 0.4) is 0 Å². The summed E-state index contributed by atoms with van der Waals surface area (Å²) >= 11 is 0. The van der Waals surface area contributed by atoms with Crippen LogP contribution in [0.15, 0.2) is 17.4 Å². The first kappa shape index (κ1) is 19.2. The molecule has 0 aliphatic carbocycles. The lowest BCUT2D eigenvalue weighted by atomic mass is 10.0. The van der Waals surface area contributed by atoms with Crippen LogP contribution in [0.2, 0.25) is 0 Å². The second kappa shape index (κ2) is 9.92. The van der Waals surface area contributed by atoms with Gasteiger partial charge in [-0.15, -0.1) is 0 Å². The van der Waals surface area contributed by atoms with Gasteiger partial charge in [-0.1, -0.05) is 0 Å². The Morgan fingerprint density at radius 2 is 2.23 bits per heavy atom. The van der Waals surface area contributed by atoms with Crippen molar-refractivity contribution >= 4 is 5.96 Å². The zero-order valence-electron chi connectivity index (χ0n) is 16.2. The van der Waals surface area contributed by atoms with Crippen molar-refractivity contribution in [2.75, 3.05) is 46.5 Å². The molecule has 26 heavy (non-hydrogen) atoms. The molecule has 0 saturated carbocycles. The highest BCUT2D eigenvalue weighted by atomic mass is 16.5. The highest BCUT2D eigenvalue weighted by molar-refractivity contribution is 5.80. The van der Waals surface area contributed by atoms with Crippen molar-refractivity contribution in [3.05, 3.63) is 18.0 Å². The minimum Gasteiger partial charge on any atom is -0.381 e. The van der Waals surface area contributed by atoms with E-state index in [9.17, 15) is 0 Å². The van der Waals surface area contributed by atoms with E-state index in [1.165, 1.54) is 12.0 Å².